The average Bonchev–Trinajstić information content (AvgIpc) is 3.63. The van der Waals surface area contributed by atoms with Crippen LogP contribution in [0.25, 0.3) is 16.5 Å². The fraction of sp³-hybridized carbons (Fsp3) is 0.318. The first-order valence-electron chi connectivity index (χ1n) is 19.4. The summed E-state index contributed by atoms with van der Waals surface area (Å²) in [6.07, 6.45) is 8.00. The summed E-state index contributed by atoms with van der Waals surface area (Å²) >= 11 is 0. The van der Waals surface area contributed by atoms with Crippen LogP contribution in [-0.2, 0) is 12.0 Å². The molecule has 0 atom stereocenters. The molecule has 0 saturated carbocycles. The second kappa shape index (κ2) is 17.2. The van der Waals surface area contributed by atoms with Gasteiger partial charge in [0.15, 0.2) is 0 Å². The zero-order chi connectivity index (χ0) is 39.9. The van der Waals surface area contributed by atoms with Crippen LogP contribution >= 0.6 is 0 Å². The Balaban J connectivity index is 0.964. The van der Waals surface area contributed by atoms with E-state index < -0.39 is 0 Å². The molecule has 57 heavy (non-hydrogen) atoms. The van der Waals surface area contributed by atoms with E-state index in [1.807, 2.05) is 85.8 Å². The molecular formula is C44H50N10O3. The number of hydrogen-bond donors (Lipinski definition) is 4. The Bertz CT molecular complexity index is 2330. The Hall–Kier alpha value is -6.34. The number of fused-ring (bicyclic) bond motifs is 1. The van der Waals surface area contributed by atoms with E-state index in [1.54, 1.807) is 10.9 Å². The van der Waals surface area contributed by atoms with Crippen molar-refractivity contribution >= 4 is 45.9 Å². The summed E-state index contributed by atoms with van der Waals surface area (Å²) in [5, 5.41) is 18.7. The van der Waals surface area contributed by atoms with Crippen molar-refractivity contribution in [3.8, 4) is 11.4 Å². The van der Waals surface area contributed by atoms with E-state index in [0.29, 0.717) is 41.4 Å². The fourth-order valence-corrected chi connectivity index (χ4v) is 6.76. The molecule has 3 amide bonds. The number of rotatable bonds is 12. The largest absolute Gasteiger partial charge is 0.488 e. The van der Waals surface area contributed by atoms with Gasteiger partial charge in [-0.1, -0.05) is 62.7 Å². The summed E-state index contributed by atoms with van der Waals surface area (Å²) < 4.78 is 8.08. The highest BCUT2D eigenvalue weighted by Gasteiger charge is 2.22. The van der Waals surface area contributed by atoms with Gasteiger partial charge in [0.25, 0.3) is 5.91 Å². The average molecular weight is 767 g/mol. The smallest absolute Gasteiger partial charge is 0.324 e. The number of nitrogens with one attached hydrogen (secondary N) is 4. The first-order valence-corrected chi connectivity index (χ1v) is 19.4. The monoisotopic (exact) mass is 766 g/mol. The lowest BCUT2D eigenvalue weighted by molar-refractivity contribution is 0.0943. The molecule has 294 valence electrons. The molecule has 0 unspecified atom stereocenters. The third-order valence-electron chi connectivity index (χ3n) is 10.2. The van der Waals surface area contributed by atoms with Gasteiger partial charge in [-0.25, -0.2) is 24.4 Å². The van der Waals surface area contributed by atoms with Crippen molar-refractivity contribution in [1.29, 1.82) is 0 Å². The molecule has 4 N–H and O–H groups in total. The maximum absolute atomic E-state index is 13.5. The van der Waals surface area contributed by atoms with Gasteiger partial charge in [-0.05, 0) is 94.2 Å². The molecule has 13 heteroatoms. The summed E-state index contributed by atoms with van der Waals surface area (Å²) in [4.78, 5) is 41.6. The lowest BCUT2D eigenvalue weighted by Crippen LogP contribution is -2.33. The number of anilines is 4. The molecule has 0 bridgehead atoms. The topological polar surface area (TPSA) is 151 Å². The van der Waals surface area contributed by atoms with Gasteiger partial charge >= 0.3 is 6.03 Å². The normalized spacial score (nSPS) is 13.6. The summed E-state index contributed by atoms with van der Waals surface area (Å²) in [6.45, 7) is 11.4. The van der Waals surface area contributed by atoms with Crippen molar-refractivity contribution < 1.29 is 14.3 Å². The van der Waals surface area contributed by atoms with Crippen LogP contribution in [0, 0.1) is 12.8 Å². The maximum Gasteiger partial charge on any atom is 0.324 e. The van der Waals surface area contributed by atoms with Crippen LogP contribution in [0.3, 0.4) is 0 Å². The van der Waals surface area contributed by atoms with E-state index >= 15 is 0 Å². The third kappa shape index (κ3) is 9.92. The SMILES string of the molecule is Cc1ccc(-n2nc(C(C)(C)C)cc2NC(=O)Nc2ccc(OCc3ccnc(Nc4cnc(C(=O)NCCC5CCN(C)CC5)cn4)c3)c3ccccc23)cc1. The van der Waals surface area contributed by atoms with Crippen molar-refractivity contribution in [1.82, 2.24) is 34.9 Å². The first kappa shape index (κ1) is 38.9. The molecule has 4 heterocycles. The molecule has 3 aromatic heterocycles. The van der Waals surface area contributed by atoms with Crippen LogP contribution in [0.1, 0.15) is 67.3 Å². The van der Waals surface area contributed by atoms with E-state index in [1.165, 1.54) is 25.2 Å². The summed E-state index contributed by atoms with van der Waals surface area (Å²) in [6, 6.07) is 24.8. The van der Waals surface area contributed by atoms with E-state index in [4.69, 9.17) is 9.84 Å². The minimum atomic E-state index is -0.389. The standard InChI is InChI=1S/C44H50N10O3/c1-29-10-12-32(13-11-29)54-41(25-38(52-54)44(2,3)4)51-43(56)49-35-14-15-37(34-9-7-6-8-33(34)35)57-28-31-17-20-45-39(24-31)50-40-27-47-36(26-48-40)42(55)46-21-16-30-18-22-53(5)23-19-30/h6-15,17,20,24-27,30H,16,18-19,21-23,28H2,1-5H3,(H,46,55)(H,45,48,50)(H2,49,51,56). The van der Waals surface area contributed by atoms with Gasteiger partial charge in [-0.15, -0.1) is 0 Å². The molecule has 1 saturated heterocycles. The van der Waals surface area contributed by atoms with Crippen LogP contribution in [0.15, 0.2) is 97.5 Å². The molecule has 0 spiro atoms. The molecule has 1 aliphatic heterocycles. The Labute approximate surface area is 333 Å². The van der Waals surface area contributed by atoms with E-state index in [0.717, 1.165) is 52.8 Å². The van der Waals surface area contributed by atoms with Crippen LogP contribution in [0.4, 0.5) is 27.9 Å². The first-order chi connectivity index (χ1) is 27.5. The molecule has 6 aromatic rings. The van der Waals surface area contributed by atoms with E-state index in [2.05, 4.69) is 68.9 Å². The second-order valence-electron chi connectivity index (χ2n) is 15.7. The lowest BCUT2D eigenvalue weighted by atomic mass is 9.92. The zero-order valence-corrected chi connectivity index (χ0v) is 33.2. The van der Waals surface area contributed by atoms with Crippen molar-refractivity contribution in [3.63, 3.8) is 0 Å². The quantitative estimate of drug-likeness (QED) is 0.0966. The maximum atomic E-state index is 13.5. The highest BCUT2D eigenvalue weighted by Crippen LogP contribution is 2.33. The lowest BCUT2D eigenvalue weighted by Gasteiger charge is -2.28. The van der Waals surface area contributed by atoms with Crippen molar-refractivity contribution in [2.24, 2.45) is 5.92 Å². The minimum Gasteiger partial charge on any atom is -0.488 e. The van der Waals surface area contributed by atoms with Crippen molar-refractivity contribution in [3.05, 3.63) is 120 Å². The summed E-state index contributed by atoms with van der Waals surface area (Å²) in [7, 11) is 2.15. The number of ether oxygens (including phenoxy) is 1. The Morgan fingerprint density at radius 2 is 1.63 bits per heavy atom. The molecule has 13 nitrogen and oxygen atoms in total. The summed E-state index contributed by atoms with van der Waals surface area (Å²) in [5.41, 5.74) is 4.43. The number of aromatic nitrogens is 5. The number of benzene rings is 3. The molecule has 3 aromatic carbocycles. The van der Waals surface area contributed by atoms with Crippen LogP contribution in [0.5, 0.6) is 5.75 Å². The molecule has 1 aliphatic rings. The Kier molecular flexibility index (Phi) is 11.7. The Morgan fingerprint density at radius 1 is 0.860 bits per heavy atom. The van der Waals surface area contributed by atoms with Gasteiger partial charge in [0.1, 0.15) is 35.5 Å². The summed E-state index contributed by atoms with van der Waals surface area (Å²) in [5.74, 6) is 2.69. The van der Waals surface area contributed by atoms with Crippen LogP contribution in [0.2, 0.25) is 0 Å². The number of aryl methyl sites for hydroxylation is 1. The van der Waals surface area contributed by atoms with Crippen LogP contribution in [-0.4, -0.2) is 68.3 Å². The number of carbonyl (C=O) groups is 2. The number of hydrogen-bond acceptors (Lipinski definition) is 9. The van der Waals surface area contributed by atoms with Gasteiger partial charge in [0, 0.05) is 35.0 Å². The fourth-order valence-electron chi connectivity index (χ4n) is 6.76. The number of urea groups is 1. The molecular weight excluding hydrogens is 717 g/mol. The number of carbonyl (C=O) groups excluding carboxylic acids is 2. The van der Waals surface area contributed by atoms with Gasteiger partial charge < -0.3 is 25.6 Å². The highest BCUT2D eigenvalue weighted by atomic mass is 16.5. The number of amides is 3. The predicted molar refractivity (Wildman–Crippen MR) is 225 cm³/mol. The van der Waals surface area contributed by atoms with Crippen molar-refractivity contribution in [2.45, 2.75) is 59.0 Å². The molecule has 7 rings (SSSR count). The molecule has 0 aliphatic carbocycles. The molecule has 0 radical (unpaired) electrons. The third-order valence-corrected chi connectivity index (χ3v) is 10.2. The number of piperidine rings is 1. The minimum absolute atomic E-state index is 0.212. The van der Waals surface area contributed by atoms with Crippen molar-refractivity contribution in [2.75, 3.05) is 42.6 Å². The van der Waals surface area contributed by atoms with Gasteiger partial charge in [0.2, 0.25) is 0 Å². The van der Waals surface area contributed by atoms with E-state index in [9.17, 15) is 9.59 Å². The van der Waals surface area contributed by atoms with Gasteiger partial charge in [-0.3, -0.25) is 10.1 Å². The number of pyridine rings is 1. The zero-order valence-electron chi connectivity index (χ0n) is 33.2. The predicted octanol–water partition coefficient (Wildman–Crippen LogP) is 8.24. The van der Waals surface area contributed by atoms with E-state index in [-0.39, 0.29) is 29.7 Å². The Morgan fingerprint density at radius 3 is 2.37 bits per heavy atom. The van der Waals surface area contributed by atoms with Crippen LogP contribution < -0.4 is 26.0 Å². The van der Waals surface area contributed by atoms with Gasteiger partial charge in [0.05, 0.1) is 29.5 Å². The number of nitrogens with zero attached hydrogens (tertiary/aromatic N) is 6. The number of likely N-dealkylation sites (tertiary alicyclic amines) is 1. The second-order valence-corrected chi connectivity index (χ2v) is 15.7. The van der Waals surface area contributed by atoms with Gasteiger partial charge in [-0.2, -0.15) is 5.10 Å². The molecule has 1 fully saturated rings. The highest BCUT2D eigenvalue weighted by molar-refractivity contribution is 6.07.